The van der Waals surface area contributed by atoms with Gasteiger partial charge >= 0.3 is 0 Å². The highest BCUT2D eigenvalue weighted by molar-refractivity contribution is 5.96. The quantitative estimate of drug-likeness (QED) is 0.634. The summed E-state index contributed by atoms with van der Waals surface area (Å²) in [5.41, 5.74) is 6.94. The highest BCUT2D eigenvalue weighted by Gasteiger charge is 2.21. The molecule has 1 unspecified atom stereocenters. The molecule has 1 heterocycles. The van der Waals surface area contributed by atoms with Crippen molar-refractivity contribution in [2.75, 3.05) is 33.7 Å². The summed E-state index contributed by atoms with van der Waals surface area (Å²) in [5.74, 6) is 0.263. The molecule has 1 aromatic carbocycles. The topological polar surface area (TPSA) is 56.4 Å². The second-order valence-corrected chi connectivity index (χ2v) is 5.83. The van der Waals surface area contributed by atoms with E-state index < -0.39 is 0 Å². The van der Waals surface area contributed by atoms with E-state index in [-0.39, 0.29) is 11.7 Å². The van der Waals surface area contributed by atoms with Gasteiger partial charge in [-0.1, -0.05) is 6.07 Å². The highest BCUT2D eigenvalue weighted by atomic mass is 19.1. The lowest BCUT2D eigenvalue weighted by molar-refractivity contribution is 0.267. The van der Waals surface area contributed by atoms with E-state index in [2.05, 4.69) is 23.9 Å². The normalized spacial score (nSPS) is 19.7. The van der Waals surface area contributed by atoms with Gasteiger partial charge in [0.2, 0.25) is 0 Å². The Balaban J connectivity index is 2.00. The monoisotopic (exact) mass is 278 g/mol. The summed E-state index contributed by atoms with van der Waals surface area (Å²) in [6.45, 7) is 4.00. The average molecular weight is 278 g/mol. The van der Waals surface area contributed by atoms with Crippen LogP contribution >= 0.6 is 0 Å². The summed E-state index contributed by atoms with van der Waals surface area (Å²) < 4.78 is 13.2. The van der Waals surface area contributed by atoms with Crippen molar-refractivity contribution >= 4 is 5.84 Å². The van der Waals surface area contributed by atoms with Crippen molar-refractivity contribution in [3.05, 3.63) is 35.1 Å². The number of hydrogen-bond donors (Lipinski definition) is 2. The predicted molar refractivity (Wildman–Crippen MR) is 79.4 cm³/mol. The van der Waals surface area contributed by atoms with Crippen LogP contribution in [0.15, 0.2) is 18.2 Å². The summed E-state index contributed by atoms with van der Waals surface area (Å²) in [6, 6.07) is 4.50. The lowest BCUT2D eigenvalue weighted by Gasteiger charge is -2.22. The van der Waals surface area contributed by atoms with Gasteiger partial charge in [0.15, 0.2) is 0 Å². The number of nitrogens with two attached hydrogens (primary N) is 1. The molecule has 20 heavy (non-hydrogen) atoms. The zero-order chi connectivity index (χ0) is 14.7. The maximum absolute atomic E-state index is 13.2. The summed E-state index contributed by atoms with van der Waals surface area (Å²) in [5, 5.41) is 7.55. The number of hydrogen-bond acceptors (Lipinski definition) is 3. The molecule has 3 N–H and O–H groups in total. The molecule has 0 radical (unpaired) electrons. The van der Waals surface area contributed by atoms with E-state index in [0.29, 0.717) is 18.0 Å². The molecule has 0 aliphatic carbocycles. The molecule has 1 atom stereocenters. The Bertz CT molecular complexity index is 489. The maximum Gasteiger partial charge on any atom is 0.123 e. The number of nitrogens with one attached hydrogen (secondary N) is 1. The zero-order valence-electron chi connectivity index (χ0n) is 12.2. The molecule has 1 saturated heterocycles. The largest absolute Gasteiger partial charge is 0.384 e. The zero-order valence-corrected chi connectivity index (χ0v) is 12.2. The van der Waals surface area contributed by atoms with Gasteiger partial charge in [-0.3, -0.25) is 5.41 Å². The molecule has 0 aromatic heterocycles. The molecule has 110 valence electrons. The Kier molecular flexibility index (Phi) is 4.73. The van der Waals surface area contributed by atoms with Crippen molar-refractivity contribution in [3.8, 4) is 0 Å². The molecule has 1 aliphatic heterocycles. The van der Waals surface area contributed by atoms with Crippen molar-refractivity contribution in [2.24, 2.45) is 11.7 Å². The van der Waals surface area contributed by atoms with Gasteiger partial charge in [-0.05, 0) is 50.7 Å². The van der Waals surface area contributed by atoms with E-state index >= 15 is 0 Å². The van der Waals surface area contributed by atoms with Gasteiger partial charge in [0.05, 0.1) is 0 Å². The van der Waals surface area contributed by atoms with Crippen LogP contribution in [-0.4, -0.2) is 49.4 Å². The number of benzene rings is 1. The van der Waals surface area contributed by atoms with Crippen LogP contribution in [0.5, 0.6) is 0 Å². The minimum atomic E-state index is -0.348. The van der Waals surface area contributed by atoms with Crippen molar-refractivity contribution in [1.29, 1.82) is 5.41 Å². The molecular formula is C15H23FN4. The SMILES string of the molecule is CN1CCC(CN(C)Cc2ccc(F)cc2C(=N)N)C1. The molecule has 1 aromatic rings. The van der Waals surface area contributed by atoms with E-state index in [1.165, 1.54) is 18.6 Å². The predicted octanol–water partition coefficient (Wildman–Crippen LogP) is 1.49. The van der Waals surface area contributed by atoms with Crippen molar-refractivity contribution in [2.45, 2.75) is 13.0 Å². The van der Waals surface area contributed by atoms with E-state index in [9.17, 15) is 4.39 Å². The molecule has 0 bridgehead atoms. The smallest absolute Gasteiger partial charge is 0.123 e. The van der Waals surface area contributed by atoms with Crippen LogP contribution in [0.2, 0.25) is 0 Å². The van der Waals surface area contributed by atoms with Gasteiger partial charge in [-0.2, -0.15) is 0 Å². The Labute approximate surface area is 119 Å². The standard InChI is InChI=1S/C15H23FN4/c1-19-6-5-11(8-19)9-20(2)10-12-3-4-13(16)7-14(12)15(17)18/h3-4,7,11H,5-6,8-10H2,1-2H3,(H3,17,18). The van der Waals surface area contributed by atoms with Crippen molar-refractivity contribution in [3.63, 3.8) is 0 Å². The van der Waals surface area contributed by atoms with Gasteiger partial charge in [0, 0.05) is 25.2 Å². The van der Waals surface area contributed by atoms with Crippen LogP contribution in [0.4, 0.5) is 4.39 Å². The Morgan fingerprint density at radius 2 is 2.30 bits per heavy atom. The molecular weight excluding hydrogens is 255 g/mol. The first kappa shape index (κ1) is 14.9. The molecule has 1 aliphatic rings. The van der Waals surface area contributed by atoms with Gasteiger partial charge < -0.3 is 15.5 Å². The third-order valence-corrected chi connectivity index (χ3v) is 3.86. The molecule has 2 rings (SSSR count). The first-order valence-corrected chi connectivity index (χ1v) is 6.95. The van der Waals surface area contributed by atoms with Gasteiger partial charge in [0.25, 0.3) is 0 Å². The summed E-state index contributed by atoms with van der Waals surface area (Å²) in [6.07, 6.45) is 1.23. The van der Waals surface area contributed by atoms with Crippen LogP contribution in [0.25, 0.3) is 0 Å². The number of halogens is 1. The Morgan fingerprint density at radius 1 is 1.55 bits per heavy atom. The van der Waals surface area contributed by atoms with E-state index in [1.807, 2.05) is 0 Å². The van der Waals surface area contributed by atoms with Crippen molar-refractivity contribution in [1.82, 2.24) is 9.80 Å². The molecule has 1 fully saturated rings. The fourth-order valence-electron chi connectivity index (χ4n) is 2.91. The second kappa shape index (κ2) is 6.33. The third-order valence-electron chi connectivity index (χ3n) is 3.86. The van der Waals surface area contributed by atoms with E-state index in [1.54, 1.807) is 6.07 Å². The molecule has 0 amide bonds. The van der Waals surface area contributed by atoms with Gasteiger partial charge in [0.1, 0.15) is 11.7 Å². The average Bonchev–Trinajstić information content (AvgIpc) is 2.76. The minimum Gasteiger partial charge on any atom is -0.384 e. The highest BCUT2D eigenvalue weighted by Crippen LogP contribution is 2.18. The van der Waals surface area contributed by atoms with Crippen LogP contribution in [0, 0.1) is 17.1 Å². The fourth-order valence-corrected chi connectivity index (χ4v) is 2.91. The number of nitrogens with zero attached hydrogens (tertiary/aromatic N) is 2. The fraction of sp³-hybridized carbons (Fsp3) is 0.533. The van der Waals surface area contributed by atoms with Crippen LogP contribution in [-0.2, 0) is 6.54 Å². The van der Waals surface area contributed by atoms with Crippen LogP contribution in [0.3, 0.4) is 0 Å². The van der Waals surface area contributed by atoms with Gasteiger partial charge in [-0.15, -0.1) is 0 Å². The van der Waals surface area contributed by atoms with Crippen LogP contribution < -0.4 is 5.73 Å². The number of rotatable bonds is 5. The summed E-state index contributed by atoms with van der Waals surface area (Å²) in [4.78, 5) is 4.57. The van der Waals surface area contributed by atoms with Crippen LogP contribution in [0.1, 0.15) is 17.5 Å². The first-order chi connectivity index (χ1) is 9.45. The first-order valence-electron chi connectivity index (χ1n) is 6.95. The number of amidine groups is 1. The Hall–Kier alpha value is -1.46. The van der Waals surface area contributed by atoms with Gasteiger partial charge in [-0.25, -0.2) is 4.39 Å². The number of likely N-dealkylation sites (tertiary alicyclic amines) is 1. The maximum atomic E-state index is 13.2. The molecule has 0 spiro atoms. The molecule has 4 nitrogen and oxygen atoms in total. The Morgan fingerprint density at radius 3 is 2.90 bits per heavy atom. The van der Waals surface area contributed by atoms with Crippen molar-refractivity contribution < 1.29 is 4.39 Å². The number of nitrogen functional groups attached to an aromatic ring is 1. The second-order valence-electron chi connectivity index (χ2n) is 5.83. The lowest BCUT2D eigenvalue weighted by Crippen LogP contribution is -2.28. The molecule has 5 heteroatoms. The summed E-state index contributed by atoms with van der Waals surface area (Å²) in [7, 11) is 4.21. The minimum absolute atomic E-state index is 0.0755. The molecule has 0 saturated carbocycles. The third kappa shape index (κ3) is 3.77. The van der Waals surface area contributed by atoms with E-state index in [4.69, 9.17) is 11.1 Å². The summed E-state index contributed by atoms with van der Waals surface area (Å²) >= 11 is 0. The lowest BCUT2D eigenvalue weighted by atomic mass is 10.0. The van der Waals surface area contributed by atoms with E-state index in [0.717, 1.165) is 25.2 Å².